The molecule has 2 aromatic carbocycles. The van der Waals surface area contributed by atoms with Crippen molar-refractivity contribution in [3.8, 4) is 12.1 Å². The van der Waals surface area contributed by atoms with E-state index in [0.717, 1.165) is 57.2 Å². The molecule has 6 rings (SSSR count). The first-order valence-electron chi connectivity index (χ1n) is 13.0. The van der Waals surface area contributed by atoms with Gasteiger partial charge in [-0.05, 0) is 49.3 Å². The maximum atomic E-state index is 9.24. The van der Waals surface area contributed by atoms with Crippen LogP contribution in [-0.4, -0.2) is 66.8 Å². The number of ether oxygens (including phenoxy) is 1. The molecule has 8 heteroatoms. The van der Waals surface area contributed by atoms with Crippen LogP contribution in [0.4, 0.5) is 11.5 Å². The van der Waals surface area contributed by atoms with Crippen LogP contribution in [0.2, 0.25) is 0 Å². The SMILES string of the molecule is CN1CCC[C@H]1COc1nc2c(c(N3CCN[C@@H](CC#N)C3)n1)CN(c1ccc3ccccc3c1)C2. The monoisotopic (exact) mass is 483 g/mol. The average Bonchev–Trinajstić information content (AvgIpc) is 3.53. The minimum Gasteiger partial charge on any atom is -0.462 e. The molecule has 2 saturated heterocycles. The maximum absolute atomic E-state index is 9.24. The number of anilines is 2. The second-order valence-electron chi connectivity index (χ2n) is 10.2. The Bertz CT molecular complexity index is 1290. The van der Waals surface area contributed by atoms with Gasteiger partial charge in [0.1, 0.15) is 12.4 Å². The van der Waals surface area contributed by atoms with Crippen molar-refractivity contribution in [3.05, 3.63) is 53.7 Å². The predicted molar refractivity (Wildman–Crippen MR) is 141 cm³/mol. The molecule has 1 aromatic heterocycles. The second kappa shape index (κ2) is 9.92. The first-order valence-corrected chi connectivity index (χ1v) is 13.0. The highest BCUT2D eigenvalue weighted by Gasteiger charge is 2.31. The normalized spacial score (nSPS) is 22.1. The minimum atomic E-state index is 0.142. The highest BCUT2D eigenvalue weighted by atomic mass is 16.5. The van der Waals surface area contributed by atoms with E-state index in [-0.39, 0.29) is 6.04 Å². The summed E-state index contributed by atoms with van der Waals surface area (Å²) in [6.07, 6.45) is 2.85. The summed E-state index contributed by atoms with van der Waals surface area (Å²) in [5.41, 5.74) is 3.40. The maximum Gasteiger partial charge on any atom is 0.318 e. The fourth-order valence-corrected chi connectivity index (χ4v) is 5.72. The molecule has 2 fully saturated rings. The van der Waals surface area contributed by atoms with Gasteiger partial charge in [0.25, 0.3) is 0 Å². The lowest BCUT2D eigenvalue weighted by Crippen LogP contribution is -2.51. The molecule has 0 radical (unpaired) electrons. The zero-order valence-electron chi connectivity index (χ0n) is 20.9. The summed E-state index contributed by atoms with van der Waals surface area (Å²) in [6.45, 7) is 5.68. The van der Waals surface area contributed by atoms with Crippen molar-refractivity contribution in [2.45, 2.75) is 44.4 Å². The summed E-state index contributed by atoms with van der Waals surface area (Å²) in [7, 11) is 2.16. The minimum absolute atomic E-state index is 0.142. The number of likely N-dealkylation sites (tertiary alicyclic amines) is 1. The van der Waals surface area contributed by atoms with E-state index in [2.05, 4.69) is 75.6 Å². The Morgan fingerprint density at radius 2 is 1.97 bits per heavy atom. The Labute approximate surface area is 212 Å². The Kier molecular flexibility index (Phi) is 6.34. The van der Waals surface area contributed by atoms with Crippen LogP contribution in [0.25, 0.3) is 10.8 Å². The van der Waals surface area contributed by atoms with E-state index in [9.17, 15) is 5.26 Å². The van der Waals surface area contributed by atoms with E-state index in [1.165, 1.54) is 28.4 Å². The van der Waals surface area contributed by atoms with Crippen LogP contribution < -0.4 is 19.9 Å². The molecule has 0 unspecified atom stereocenters. The molecule has 0 saturated carbocycles. The molecule has 36 heavy (non-hydrogen) atoms. The fourth-order valence-electron chi connectivity index (χ4n) is 5.72. The molecule has 0 amide bonds. The van der Waals surface area contributed by atoms with E-state index >= 15 is 0 Å². The number of piperazine rings is 1. The van der Waals surface area contributed by atoms with Gasteiger partial charge in [-0.3, -0.25) is 0 Å². The number of hydrogen-bond donors (Lipinski definition) is 1. The molecule has 0 spiro atoms. The van der Waals surface area contributed by atoms with Crippen LogP contribution in [0.15, 0.2) is 42.5 Å². The first kappa shape index (κ1) is 23.0. The lowest BCUT2D eigenvalue weighted by atomic mass is 10.1. The zero-order chi connectivity index (χ0) is 24.5. The van der Waals surface area contributed by atoms with Crippen molar-refractivity contribution in [1.82, 2.24) is 20.2 Å². The van der Waals surface area contributed by atoms with Crippen molar-refractivity contribution >= 4 is 22.3 Å². The smallest absolute Gasteiger partial charge is 0.318 e. The van der Waals surface area contributed by atoms with Gasteiger partial charge in [0.05, 0.1) is 24.7 Å². The van der Waals surface area contributed by atoms with E-state index < -0.39 is 0 Å². The van der Waals surface area contributed by atoms with Gasteiger partial charge in [-0.25, -0.2) is 0 Å². The van der Waals surface area contributed by atoms with Gasteiger partial charge < -0.3 is 24.8 Å². The van der Waals surface area contributed by atoms with Gasteiger partial charge in [-0.2, -0.15) is 15.2 Å². The number of likely N-dealkylation sites (N-methyl/N-ethyl adjacent to an activating group) is 1. The highest BCUT2D eigenvalue weighted by molar-refractivity contribution is 5.86. The van der Waals surface area contributed by atoms with Gasteiger partial charge in [-0.1, -0.05) is 30.3 Å². The van der Waals surface area contributed by atoms with Gasteiger partial charge in [0.2, 0.25) is 0 Å². The lowest BCUT2D eigenvalue weighted by Gasteiger charge is -2.34. The fraction of sp³-hybridized carbons (Fsp3) is 0.464. The number of benzene rings is 2. The Balaban J connectivity index is 1.30. The van der Waals surface area contributed by atoms with Gasteiger partial charge in [0, 0.05) is 49.5 Å². The molecule has 1 N–H and O–H groups in total. The molecule has 0 bridgehead atoms. The molecular weight excluding hydrogens is 450 g/mol. The number of hydrogen-bond acceptors (Lipinski definition) is 8. The first-order chi connectivity index (χ1) is 17.7. The van der Waals surface area contributed by atoms with Gasteiger partial charge in [-0.15, -0.1) is 0 Å². The second-order valence-corrected chi connectivity index (χ2v) is 10.2. The van der Waals surface area contributed by atoms with Crippen molar-refractivity contribution in [2.24, 2.45) is 0 Å². The number of rotatable bonds is 6. The number of fused-ring (bicyclic) bond motifs is 2. The Morgan fingerprint density at radius 3 is 2.81 bits per heavy atom. The van der Waals surface area contributed by atoms with Crippen LogP contribution in [-0.2, 0) is 13.1 Å². The molecule has 4 heterocycles. The number of nitriles is 1. The average molecular weight is 484 g/mol. The predicted octanol–water partition coefficient (Wildman–Crippen LogP) is 3.31. The number of nitrogens with one attached hydrogen (secondary N) is 1. The van der Waals surface area contributed by atoms with E-state index in [0.29, 0.717) is 25.1 Å². The summed E-state index contributed by atoms with van der Waals surface area (Å²) in [5.74, 6) is 0.961. The third-order valence-electron chi connectivity index (χ3n) is 7.81. The largest absolute Gasteiger partial charge is 0.462 e. The molecule has 3 aromatic rings. The molecular formula is C28H33N7O. The standard InChI is InChI=1S/C28H33N7O/c1-33-13-4-7-24(33)19-36-28-31-26-18-35(23-9-8-20-5-2-3-6-21(20)15-23)17-25(26)27(32-28)34-14-12-30-22(16-34)10-11-29/h2-3,5-6,8-9,15,22,24,30H,4,7,10,12-14,16-19H2,1H3/t22-,24-/m0/s1. The highest BCUT2D eigenvalue weighted by Crippen LogP contribution is 2.35. The van der Waals surface area contributed by atoms with E-state index in [1.807, 2.05) is 0 Å². The van der Waals surface area contributed by atoms with Crippen LogP contribution in [0.3, 0.4) is 0 Å². The Morgan fingerprint density at radius 1 is 1.08 bits per heavy atom. The molecule has 186 valence electrons. The Hall–Kier alpha value is -3.41. The zero-order valence-corrected chi connectivity index (χ0v) is 20.9. The van der Waals surface area contributed by atoms with Crippen molar-refractivity contribution < 1.29 is 4.74 Å². The molecule has 0 aliphatic carbocycles. The van der Waals surface area contributed by atoms with Crippen LogP contribution in [0.5, 0.6) is 6.01 Å². The van der Waals surface area contributed by atoms with Gasteiger partial charge in [0.15, 0.2) is 0 Å². The molecule has 8 nitrogen and oxygen atoms in total. The third kappa shape index (κ3) is 4.57. The van der Waals surface area contributed by atoms with E-state index in [1.54, 1.807) is 0 Å². The van der Waals surface area contributed by atoms with E-state index in [4.69, 9.17) is 14.7 Å². The van der Waals surface area contributed by atoms with Crippen LogP contribution in [0, 0.1) is 11.3 Å². The summed E-state index contributed by atoms with van der Waals surface area (Å²) < 4.78 is 6.21. The third-order valence-corrected chi connectivity index (χ3v) is 7.81. The van der Waals surface area contributed by atoms with Crippen LogP contribution >= 0.6 is 0 Å². The quantitative estimate of drug-likeness (QED) is 0.572. The number of aromatic nitrogens is 2. The summed E-state index contributed by atoms with van der Waals surface area (Å²) in [6, 6.07) is 18.5. The topological polar surface area (TPSA) is 80.5 Å². The van der Waals surface area contributed by atoms with Crippen molar-refractivity contribution in [2.75, 3.05) is 49.6 Å². The molecule has 3 aliphatic rings. The number of nitrogens with zero attached hydrogens (tertiary/aromatic N) is 6. The van der Waals surface area contributed by atoms with Crippen LogP contribution in [0.1, 0.15) is 30.5 Å². The summed E-state index contributed by atoms with van der Waals surface area (Å²) >= 11 is 0. The van der Waals surface area contributed by atoms with Crippen molar-refractivity contribution in [1.29, 1.82) is 5.26 Å². The summed E-state index contributed by atoms with van der Waals surface area (Å²) in [4.78, 5) is 16.9. The molecule has 3 aliphatic heterocycles. The summed E-state index contributed by atoms with van der Waals surface area (Å²) in [5, 5.41) is 15.2. The lowest BCUT2D eigenvalue weighted by molar-refractivity contribution is 0.187. The van der Waals surface area contributed by atoms with Crippen molar-refractivity contribution in [3.63, 3.8) is 0 Å². The van der Waals surface area contributed by atoms with Gasteiger partial charge >= 0.3 is 6.01 Å². The molecule has 2 atom stereocenters.